The van der Waals surface area contributed by atoms with Gasteiger partial charge in [0, 0.05) is 36.8 Å². The van der Waals surface area contributed by atoms with Crippen molar-refractivity contribution in [3.05, 3.63) is 65.7 Å². The van der Waals surface area contributed by atoms with Gasteiger partial charge in [-0.3, -0.25) is 9.69 Å². The molecule has 0 radical (unpaired) electrons. The predicted molar refractivity (Wildman–Crippen MR) is 116 cm³/mol. The summed E-state index contributed by atoms with van der Waals surface area (Å²) in [5.74, 6) is 0.665. The fourth-order valence-corrected chi connectivity index (χ4v) is 3.72. The van der Waals surface area contributed by atoms with Gasteiger partial charge in [-0.25, -0.2) is 0 Å². The van der Waals surface area contributed by atoms with E-state index in [4.69, 9.17) is 4.52 Å². The molecule has 1 aromatic heterocycles. The molecular formula is C24H27N3O2. The Morgan fingerprint density at radius 3 is 2.66 bits per heavy atom. The van der Waals surface area contributed by atoms with Crippen molar-refractivity contribution in [1.29, 1.82) is 0 Å². The lowest BCUT2D eigenvalue weighted by atomic mass is 10.0. The first kappa shape index (κ1) is 19.4. The number of benzene rings is 2. The topological polar surface area (TPSA) is 58.4 Å². The van der Waals surface area contributed by atoms with Crippen molar-refractivity contribution in [2.24, 2.45) is 0 Å². The summed E-state index contributed by atoms with van der Waals surface area (Å²) >= 11 is 0. The number of nitrogens with one attached hydrogen (secondary N) is 1. The fraction of sp³-hybridized carbons (Fsp3) is 0.333. The summed E-state index contributed by atoms with van der Waals surface area (Å²) in [5, 5.41) is 8.20. The number of nitrogens with zero attached hydrogens (tertiary/aromatic N) is 2. The number of allylic oxidation sites excluding steroid dienone is 1. The van der Waals surface area contributed by atoms with Gasteiger partial charge in [0.05, 0.1) is 5.39 Å². The first-order chi connectivity index (χ1) is 14.1. The zero-order valence-corrected chi connectivity index (χ0v) is 17.0. The van der Waals surface area contributed by atoms with Crippen LogP contribution in [0.3, 0.4) is 0 Å². The normalized spacial score (nSPS) is 15.4. The molecule has 3 aromatic rings. The number of hydrogen-bond donors (Lipinski definition) is 1. The Balaban J connectivity index is 1.44. The smallest absolute Gasteiger partial charge is 0.251 e. The molecule has 0 aliphatic carbocycles. The van der Waals surface area contributed by atoms with E-state index in [1.807, 2.05) is 48.5 Å². The fourth-order valence-electron chi connectivity index (χ4n) is 3.72. The minimum atomic E-state index is -0.0325. The molecule has 0 bridgehead atoms. The van der Waals surface area contributed by atoms with E-state index in [1.54, 1.807) is 0 Å². The number of piperidine rings is 1. The van der Waals surface area contributed by atoms with Crippen LogP contribution in [0.25, 0.3) is 22.2 Å². The molecular weight excluding hydrogens is 362 g/mol. The predicted octanol–water partition coefficient (Wildman–Crippen LogP) is 4.66. The lowest BCUT2D eigenvalue weighted by Gasteiger charge is -2.31. The maximum atomic E-state index is 12.8. The van der Waals surface area contributed by atoms with E-state index in [2.05, 4.69) is 35.3 Å². The summed E-state index contributed by atoms with van der Waals surface area (Å²) < 4.78 is 5.55. The number of aromatic nitrogens is 1. The minimum Gasteiger partial charge on any atom is -0.355 e. The van der Waals surface area contributed by atoms with Gasteiger partial charge >= 0.3 is 0 Å². The minimum absolute atomic E-state index is 0.0325. The van der Waals surface area contributed by atoms with Crippen LogP contribution in [0.15, 0.2) is 64.7 Å². The van der Waals surface area contributed by atoms with Crippen LogP contribution in [0.5, 0.6) is 0 Å². The van der Waals surface area contributed by atoms with Gasteiger partial charge in [0.1, 0.15) is 5.52 Å². The highest BCUT2D eigenvalue weighted by Crippen LogP contribution is 2.29. The highest BCUT2D eigenvalue weighted by Gasteiger charge is 2.21. The molecule has 1 amide bonds. The van der Waals surface area contributed by atoms with Crippen LogP contribution in [0.2, 0.25) is 0 Å². The van der Waals surface area contributed by atoms with E-state index in [-0.39, 0.29) is 11.9 Å². The molecule has 1 aliphatic rings. The first-order valence-corrected chi connectivity index (χ1v) is 10.2. The van der Waals surface area contributed by atoms with Crippen LogP contribution in [0.1, 0.15) is 37.0 Å². The molecule has 1 aliphatic heterocycles. The van der Waals surface area contributed by atoms with Crippen LogP contribution < -0.4 is 5.32 Å². The maximum Gasteiger partial charge on any atom is 0.251 e. The van der Waals surface area contributed by atoms with Crippen molar-refractivity contribution in [3.8, 4) is 11.3 Å². The van der Waals surface area contributed by atoms with E-state index in [1.165, 1.54) is 5.57 Å². The molecule has 29 heavy (non-hydrogen) atoms. The quantitative estimate of drug-likeness (QED) is 0.645. The van der Waals surface area contributed by atoms with Crippen molar-refractivity contribution in [1.82, 2.24) is 15.4 Å². The summed E-state index contributed by atoms with van der Waals surface area (Å²) in [5.41, 5.74) is 3.70. The number of carbonyl (C=O) groups is 1. The van der Waals surface area contributed by atoms with E-state index in [9.17, 15) is 4.79 Å². The zero-order valence-electron chi connectivity index (χ0n) is 17.0. The van der Waals surface area contributed by atoms with Crippen molar-refractivity contribution < 1.29 is 9.32 Å². The third-order valence-corrected chi connectivity index (χ3v) is 5.46. The Bertz CT molecular complexity index is 1010. The number of fused-ring (bicyclic) bond motifs is 1. The summed E-state index contributed by atoms with van der Waals surface area (Å²) in [7, 11) is 0. The molecule has 150 valence electrons. The Hall–Kier alpha value is -2.92. The van der Waals surface area contributed by atoms with Gasteiger partial charge in [0.2, 0.25) is 0 Å². The van der Waals surface area contributed by atoms with Crippen LogP contribution in [-0.2, 0) is 0 Å². The van der Waals surface area contributed by atoms with Crippen LogP contribution in [-0.4, -0.2) is 41.6 Å². The summed E-state index contributed by atoms with van der Waals surface area (Å²) in [6.45, 7) is 7.27. The molecule has 0 spiro atoms. The molecule has 2 aromatic carbocycles. The zero-order chi connectivity index (χ0) is 20.2. The van der Waals surface area contributed by atoms with Gasteiger partial charge < -0.3 is 9.84 Å². The van der Waals surface area contributed by atoms with Crippen molar-refractivity contribution in [2.45, 2.75) is 32.7 Å². The largest absolute Gasteiger partial charge is 0.355 e. The number of amides is 1. The van der Waals surface area contributed by atoms with Gasteiger partial charge in [-0.2, -0.15) is 0 Å². The monoisotopic (exact) mass is 389 g/mol. The van der Waals surface area contributed by atoms with Crippen LogP contribution >= 0.6 is 0 Å². The van der Waals surface area contributed by atoms with E-state index >= 15 is 0 Å². The molecule has 1 N–H and O–H groups in total. The standard InChI is InChI=1S/C24H27N3O2/c1-17(2)10-13-27-14-11-20(12-15-27)25-24(28)19-8-9-22-21(16-19)23(29-26-22)18-6-4-3-5-7-18/h3-10,16,20H,11-15H2,1-2H3,(H,25,28). The van der Waals surface area contributed by atoms with Crippen molar-refractivity contribution in [2.75, 3.05) is 19.6 Å². The summed E-state index contributed by atoms with van der Waals surface area (Å²) in [6.07, 6.45) is 4.22. The van der Waals surface area contributed by atoms with Crippen molar-refractivity contribution >= 4 is 16.8 Å². The number of likely N-dealkylation sites (tertiary alicyclic amines) is 1. The lowest BCUT2D eigenvalue weighted by Crippen LogP contribution is -2.44. The molecule has 1 fully saturated rings. The van der Waals surface area contributed by atoms with E-state index in [0.717, 1.165) is 48.9 Å². The lowest BCUT2D eigenvalue weighted by molar-refractivity contribution is 0.0914. The second-order valence-electron chi connectivity index (χ2n) is 7.94. The number of hydrogen-bond acceptors (Lipinski definition) is 4. The van der Waals surface area contributed by atoms with Gasteiger partial charge in [0.15, 0.2) is 5.76 Å². The molecule has 2 heterocycles. The molecule has 4 rings (SSSR count). The first-order valence-electron chi connectivity index (χ1n) is 10.2. The third-order valence-electron chi connectivity index (χ3n) is 5.46. The van der Waals surface area contributed by atoms with E-state index in [0.29, 0.717) is 11.3 Å². The van der Waals surface area contributed by atoms with Gasteiger partial charge in [-0.05, 0) is 44.9 Å². The Labute approximate surface area is 171 Å². The Kier molecular flexibility index (Phi) is 5.76. The molecule has 0 atom stereocenters. The Morgan fingerprint density at radius 1 is 1.17 bits per heavy atom. The molecule has 0 unspecified atom stereocenters. The van der Waals surface area contributed by atoms with Gasteiger partial charge in [-0.1, -0.05) is 47.1 Å². The molecule has 5 nitrogen and oxygen atoms in total. The second kappa shape index (κ2) is 8.62. The van der Waals surface area contributed by atoms with Gasteiger partial charge in [-0.15, -0.1) is 0 Å². The SMILES string of the molecule is CC(C)=CCN1CCC(NC(=O)c2ccc3noc(-c4ccccc4)c3c2)CC1. The number of carbonyl (C=O) groups excluding carboxylic acids is 1. The summed E-state index contributed by atoms with van der Waals surface area (Å²) in [6, 6.07) is 15.6. The van der Waals surface area contributed by atoms with Gasteiger partial charge in [0.25, 0.3) is 5.91 Å². The second-order valence-corrected chi connectivity index (χ2v) is 7.94. The Morgan fingerprint density at radius 2 is 1.93 bits per heavy atom. The highest BCUT2D eigenvalue weighted by atomic mass is 16.5. The van der Waals surface area contributed by atoms with E-state index < -0.39 is 0 Å². The third kappa shape index (κ3) is 4.57. The average Bonchev–Trinajstić information content (AvgIpc) is 3.17. The van der Waals surface area contributed by atoms with Crippen molar-refractivity contribution in [3.63, 3.8) is 0 Å². The van der Waals surface area contributed by atoms with Crippen LogP contribution in [0, 0.1) is 0 Å². The highest BCUT2D eigenvalue weighted by molar-refractivity contribution is 6.01. The summed E-state index contributed by atoms with van der Waals surface area (Å²) in [4.78, 5) is 15.3. The molecule has 5 heteroatoms. The molecule has 1 saturated heterocycles. The maximum absolute atomic E-state index is 12.8. The average molecular weight is 389 g/mol. The molecule has 0 saturated carbocycles. The van der Waals surface area contributed by atoms with Crippen LogP contribution in [0.4, 0.5) is 0 Å². The number of rotatable bonds is 5.